The summed E-state index contributed by atoms with van der Waals surface area (Å²) < 4.78 is 18.8. The summed E-state index contributed by atoms with van der Waals surface area (Å²) in [4.78, 5) is 12.8. The van der Waals surface area contributed by atoms with E-state index in [4.69, 9.17) is 14.2 Å². The molecule has 0 aliphatic rings. The van der Waals surface area contributed by atoms with Gasteiger partial charge in [-0.25, -0.2) is 0 Å². The number of allylic oxidation sites excluding steroid dienone is 3. The molecule has 1 aromatic heterocycles. The third kappa shape index (κ3) is 6.15. The van der Waals surface area contributed by atoms with E-state index in [1.165, 1.54) is 11.1 Å². The minimum atomic E-state index is -0.206. The van der Waals surface area contributed by atoms with E-state index in [-0.39, 0.29) is 11.3 Å². The van der Waals surface area contributed by atoms with Gasteiger partial charge in [0.05, 0.1) is 19.2 Å². The molecule has 1 aromatic carbocycles. The normalized spacial score (nSPS) is 11.5. The van der Waals surface area contributed by atoms with Crippen LogP contribution < -0.4 is 19.8 Å². The van der Waals surface area contributed by atoms with Gasteiger partial charge in [0.15, 0.2) is 5.75 Å². The number of nitrogens with zero attached hydrogens (tertiary/aromatic N) is 1. The second kappa shape index (κ2) is 11.5. The highest BCUT2D eigenvalue weighted by molar-refractivity contribution is 5.89. The fourth-order valence-corrected chi connectivity index (χ4v) is 3.17. The lowest BCUT2D eigenvalue weighted by atomic mass is 10.1. The number of rotatable bonds is 11. The van der Waals surface area contributed by atoms with Crippen molar-refractivity contribution in [2.24, 2.45) is 7.05 Å². The van der Waals surface area contributed by atoms with Crippen LogP contribution in [0, 0.1) is 0 Å². The Morgan fingerprint density at radius 3 is 2.53 bits per heavy atom. The Balaban J connectivity index is 2.21. The van der Waals surface area contributed by atoms with E-state index in [1.54, 1.807) is 18.7 Å². The molecule has 0 atom stereocenters. The molecule has 5 heteroatoms. The number of aryl methyl sites for hydroxylation is 1. The predicted octanol–water partition coefficient (Wildman–Crippen LogP) is 5.80. The first-order valence-corrected chi connectivity index (χ1v) is 10.6. The van der Waals surface area contributed by atoms with Crippen molar-refractivity contribution in [1.82, 2.24) is 4.57 Å². The smallest absolute Gasteiger partial charge is 0.297 e. The Bertz CT molecular complexity index is 965. The maximum absolute atomic E-state index is 12.8. The molecule has 0 fully saturated rings. The zero-order valence-electron chi connectivity index (χ0n) is 19.2. The first-order valence-electron chi connectivity index (χ1n) is 10.6. The molecule has 0 aliphatic carbocycles. The Labute approximate surface area is 180 Å². The van der Waals surface area contributed by atoms with Crippen LogP contribution >= 0.6 is 0 Å². The van der Waals surface area contributed by atoms with Gasteiger partial charge >= 0.3 is 0 Å². The van der Waals surface area contributed by atoms with Gasteiger partial charge < -0.3 is 18.8 Å². The zero-order chi connectivity index (χ0) is 22.1. The number of unbranched alkanes of at least 4 members (excludes halogenated alkanes) is 1. The van der Waals surface area contributed by atoms with Crippen LogP contribution in [0.5, 0.6) is 17.2 Å². The van der Waals surface area contributed by atoms with Crippen molar-refractivity contribution in [2.75, 3.05) is 20.3 Å². The summed E-state index contributed by atoms with van der Waals surface area (Å²) in [6.07, 6.45) is 8.31. The fourth-order valence-electron chi connectivity index (χ4n) is 3.17. The van der Waals surface area contributed by atoms with Crippen molar-refractivity contribution in [3.8, 4) is 17.2 Å². The van der Waals surface area contributed by atoms with Crippen LogP contribution in [0.3, 0.4) is 0 Å². The second-order valence-electron chi connectivity index (χ2n) is 7.79. The lowest BCUT2D eigenvalue weighted by molar-refractivity contribution is 0.284. The van der Waals surface area contributed by atoms with Crippen molar-refractivity contribution < 1.29 is 14.2 Å². The van der Waals surface area contributed by atoms with Gasteiger partial charge in [-0.3, -0.25) is 4.79 Å². The second-order valence-corrected chi connectivity index (χ2v) is 7.79. The van der Waals surface area contributed by atoms with E-state index >= 15 is 0 Å². The molecule has 0 aliphatic heterocycles. The van der Waals surface area contributed by atoms with E-state index in [0.29, 0.717) is 24.7 Å². The molecule has 0 saturated carbocycles. The molecule has 0 saturated heterocycles. The minimum Gasteiger partial charge on any atom is -0.492 e. The largest absolute Gasteiger partial charge is 0.492 e. The Kier molecular flexibility index (Phi) is 9.03. The number of aromatic nitrogens is 1. The number of ether oxygens (including phenoxy) is 3. The number of hydrogen-bond acceptors (Lipinski definition) is 4. The van der Waals surface area contributed by atoms with Gasteiger partial charge in [0, 0.05) is 18.5 Å². The number of benzene rings is 1. The molecule has 30 heavy (non-hydrogen) atoms. The average molecular weight is 414 g/mol. The highest BCUT2D eigenvalue weighted by Gasteiger charge is 2.18. The number of methoxy groups -OCH3 is 1. The molecule has 0 spiro atoms. The van der Waals surface area contributed by atoms with Gasteiger partial charge in [-0.2, -0.15) is 0 Å². The summed E-state index contributed by atoms with van der Waals surface area (Å²) >= 11 is 0. The zero-order valence-corrected chi connectivity index (χ0v) is 19.2. The molecule has 2 aromatic rings. The molecular formula is C25H35NO4. The molecule has 164 valence electrons. The number of pyridine rings is 1. The summed E-state index contributed by atoms with van der Waals surface area (Å²) in [5.74, 6) is 1.46. The van der Waals surface area contributed by atoms with Crippen molar-refractivity contribution in [1.29, 1.82) is 0 Å². The van der Waals surface area contributed by atoms with E-state index in [2.05, 4.69) is 39.8 Å². The molecule has 0 unspecified atom stereocenters. The van der Waals surface area contributed by atoms with Gasteiger partial charge in [-0.1, -0.05) is 30.6 Å². The fraction of sp³-hybridized carbons (Fsp3) is 0.480. The van der Waals surface area contributed by atoms with Crippen LogP contribution in [0.4, 0.5) is 0 Å². The molecule has 0 amide bonds. The van der Waals surface area contributed by atoms with Crippen LogP contribution in [0.1, 0.15) is 53.4 Å². The van der Waals surface area contributed by atoms with E-state index in [0.717, 1.165) is 36.6 Å². The van der Waals surface area contributed by atoms with Crippen molar-refractivity contribution in [2.45, 2.75) is 53.4 Å². The quantitative estimate of drug-likeness (QED) is 0.345. The standard InChI is InChI=1S/C25H35NO4/c1-7-8-15-30-24-23(28-6)21-13-12-20(17-22(21)26(5)25(24)27)29-16-14-19(4)11-9-10-18(2)3/h10,12-14,17H,7-9,11,15-16H2,1-6H3/b19-14+. The van der Waals surface area contributed by atoms with Crippen LogP contribution in [0.25, 0.3) is 10.9 Å². The summed E-state index contributed by atoms with van der Waals surface area (Å²) in [7, 11) is 3.31. The lowest BCUT2D eigenvalue weighted by Gasteiger charge is -2.16. The van der Waals surface area contributed by atoms with Gasteiger partial charge in [-0.15, -0.1) is 0 Å². The van der Waals surface area contributed by atoms with Gasteiger partial charge in [-0.05, 0) is 58.2 Å². The maximum atomic E-state index is 12.8. The minimum absolute atomic E-state index is 0.206. The molecule has 1 heterocycles. The Hall–Kier alpha value is -2.69. The SMILES string of the molecule is CCCCOc1c(OC)c2ccc(OC/C=C(\C)CCC=C(C)C)cc2n(C)c1=O. The van der Waals surface area contributed by atoms with Crippen molar-refractivity contribution in [3.63, 3.8) is 0 Å². The van der Waals surface area contributed by atoms with Gasteiger partial charge in [0.1, 0.15) is 12.4 Å². The van der Waals surface area contributed by atoms with Crippen LogP contribution in [-0.2, 0) is 7.05 Å². The first-order chi connectivity index (χ1) is 14.4. The molecular weight excluding hydrogens is 378 g/mol. The number of hydrogen-bond donors (Lipinski definition) is 0. The van der Waals surface area contributed by atoms with E-state index in [9.17, 15) is 4.79 Å². The summed E-state index contributed by atoms with van der Waals surface area (Å²) in [5.41, 5.74) is 3.19. The third-order valence-corrected chi connectivity index (χ3v) is 5.00. The maximum Gasteiger partial charge on any atom is 0.297 e. The molecule has 0 N–H and O–H groups in total. The number of fused-ring (bicyclic) bond motifs is 1. The van der Waals surface area contributed by atoms with Crippen molar-refractivity contribution >= 4 is 10.9 Å². The van der Waals surface area contributed by atoms with Gasteiger partial charge in [0.25, 0.3) is 5.56 Å². The third-order valence-electron chi connectivity index (χ3n) is 5.00. The lowest BCUT2D eigenvalue weighted by Crippen LogP contribution is -2.21. The topological polar surface area (TPSA) is 49.7 Å². The summed E-state index contributed by atoms with van der Waals surface area (Å²) in [6, 6.07) is 5.69. The predicted molar refractivity (Wildman–Crippen MR) is 124 cm³/mol. The monoisotopic (exact) mass is 413 g/mol. The Morgan fingerprint density at radius 1 is 1.10 bits per heavy atom. The highest BCUT2D eigenvalue weighted by Crippen LogP contribution is 2.34. The molecule has 5 nitrogen and oxygen atoms in total. The highest BCUT2D eigenvalue weighted by atomic mass is 16.5. The average Bonchev–Trinajstić information content (AvgIpc) is 2.71. The first kappa shape index (κ1) is 23.6. The summed E-state index contributed by atoms with van der Waals surface area (Å²) in [6.45, 7) is 9.43. The van der Waals surface area contributed by atoms with Crippen LogP contribution in [-0.4, -0.2) is 24.9 Å². The van der Waals surface area contributed by atoms with Crippen LogP contribution in [0.15, 0.2) is 46.3 Å². The molecule has 2 rings (SSSR count). The van der Waals surface area contributed by atoms with Gasteiger partial charge in [0.2, 0.25) is 5.75 Å². The van der Waals surface area contributed by atoms with E-state index in [1.807, 2.05) is 18.2 Å². The molecule has 0 bridgehead atoms. The summed E-state index contributed by atoms with van der Waals surface area (Å²) in [5, 5.41) is 0.826. The van der Waals surface area contributed by atoms with Crippen LogP contribution in [0.2, 0.25) is 0 Å². The molecule has 0 radical (unpaired) electrons. The van der Waals surface area contributed by atoms with Crippen molar-refractivity contribution in [3.05, 3.63) is 51.9 Å². The Morgan fingerprint density at radius 2 is 1.87 bits per heavy atom. The van der Waals surface area contributed by atoms with E-state index < -0.39 is 0 Å².